The smallest absolute Gasteiger partial charge is 0.264 e. The van der Waals surface area contributed by atoms with E-state index in [1.165, 1.54) is 30.6 Å². The second-order valence-corrected chi connectivity index (χ2v) is 10.3. The van der Waals surface area contributed by atoms with Crippen molar-refractivity contribution in [2.24, 2.45) is 4.99 Å². The highest BCUT2D eigenvalue weighted by molar-refractivity contribution is 7.15. The van der Waals surface area contributed by atoms with E-state index in [0.29, 0.717) is 17.0 Å². The van der Waals surface area contributed by atoms with E-state index in [9.17, 15) is 10.1 Å². The Morgan fingerprint density at radius 2 is 2.03 bits per heavy atom. The van der Waals surface area contributed by atoms with Gasteiger partial charge in [0.1, 0.15) is 0 Å². The SMILES string of the molecule is C=C(c1sc(C(=O)N2CCCC2C)cc1/N=C/N1CCCCC1)N(C)Cc1ccccc1C#N. The van der Waals surface area contributed by atoms with Gasteiger partial charge in [0.15, 0.2) is 0 Å². The Balaban J connectivity index is 1.61. The van der Waals surface area contributed by atoms with Crippen molar-refractivity contribution >= 4 is 35.0 Å². The first-order valence-corrected chi connectivity index (χ1v) is 12.9. The van der Waals surface area contributed by atoms with Crippen LogP contribution < -0.4 is 0 Å². The molecule has 1 unspecified atom stereocenters. The number of hydrogen-bond donors (Lipinski definition) is 0. The summed E-state index contributed by atoms with van der Waals surface area (Å²) < 4.78 is 0. The largest absolute Gasteiger partial charge is 0.369 e. The summed E-state index contributed by atoms with van der Waals surface area (Å²) in [7, 11) is 1.97. The van der Waals surface area contributed by atoms with E-state index in [-0.39, 0.29) is 11.9 Å². The van der Waals surface area contributed by atoms with E-state index in [2.05, 4.69) is 24.5 Å². The maximum Gasteiger partial charge on any atom is 0.264 e. The van der Waals surface area contributed by atoms with E-state index in [4.69, 9.17) is 4.99 Å². The van der Waals surface area contributed by atoms with Gasteiger partial charge in [0.2, 0.25) is 0 Å². The zero-order chi connectivity index (χ0) is 24.1. The van der Waals surface area contributed by atoms with Crippen molar-refractivity contribution in [1.29, 1.82) is 5.26 Å². The Hall–Kier alpha value is -3.11. The van der Waals surface area contributed by atoms with Crippen LogP contribution in [-0.2, 0) is 6.54 Å². The van der Waals surface area contributed by atoms with Crippen LogP contribution in [-0.4, -0.2) is 59.7 Å². The van der Waals surface area contributed by atoms with Crippen LogP contribution in [0, 0.1) is 11.3 Å². The van der Waals surface area contributed by atoms with Gasteiger partial charge in [-0.25, -0.2) is 4.99 Å². The normalized spacial score (nSPS) is 18.3. The number of carbonyl (C=O) groups is 1. The molecule has 2 aliphatic rings. The molecule has 1 amide bonds. The van der Waals surface area contributed by atoms with Gasteiger partial charge in [-0.05, 0) is 56.7 Å². The molecule has 0 spiro atoms. The van der Waals surface area contributed by atoms with Crippen LogP contribution >= 0.6 is 11.3 Å². The molecule has 3 heterocycles. The molecule has 0 bridgehead atoms. The van der Waals surface area contributed by atoms with Crippen molar-refractivity contribution in [3.8, 4) is 6.07 Å². The number of benzene rings is 1. The van der Waals surface area contributed by atoms with Gasteiger partial charge >= 0.3 is 0 Å². The van der Waals surface area contributed by atoms with Gasteiger partial charge < -0.3 is 14.7 Å². The predicted molar refractivity (Wildman–Crippen MR) is 139 cm³/mol. The van der Waals surface area contributed by atoms with Crippen LogP contribution in [0.4, 0.5) is 5.69 Å². The van der Waals surface area contributed by atoms with Crippen LogP contribution in [0.15, 0.2) is 41.9 Å². The Bertz CT molecular complexity index is 1110. The number of piperidine rings is 1. The Kier molecular flexibility index (Phi) is 7.69. The quantitative estimate of drug-likeness (QED) is 0.392. The first-order valence-electron chi connectivity index (χ1n) is 12.1. The molecule has 6 nitrogen and oxygen atoms in total. The third-order valence-electron chi connectivity index (χ3n) is 6.76. The minimum atomic E-state index is 0.0842. The summed E-state index contributed by atoms with van der Waals surface area (Å²) >= 11 is 1.47. The third kappa shape index (κ3) is 5.34. The molecule has 2 aliphatic heterocycles. The van der Waals surface area contributed by atoms with Gasteiger partial charge in [-0.1, -0.05) is 24.8 Å². The Labute approximate surface area is 206 Å². The Morgan fingerprint density at radius 3 is 2.74 bits per heavy atom. The lowest BCUT2D eigenvalue weighted by Gasteiger charge is -2.24. The number of amides is 1. The van der Waals surface area contributed by atoms with Crippen LogP contribution in [0.3, 0.4) is 0 Å². The highest BCUT2D eigenvalue weighted by atomic mass is 32.1. The van der Waals surface area contributed by atoms with Gasteiger partial charge in [-0.3, -0.25) is 4.79 Å². The standard InChI is InChI=1S/C27H33N5OS/c1-20-10-9-15-32(20)27(33)25-16-24(29-19-31-13-7-4-8-14-31)26(34-25)21(2)30(3)18-23-12-6-5-11-22(23)17-28/h5-6,11-12,16,19-20H,2,4,7-10,13-15,18H2,1,3H3/b29-19+. The van der Waals surface area contributed by atoms with Gasteiger partial charge in [-0.2, -0.15) is 5.26 Å². The van der Waals surface area contributed by atoms with Gasteiger partial charge in [0.05, 0.1) is 33.4 Å². The first-order chi connectivity index (χ1) is 16.5. The molecule has 1 aromatic heterocycles. The number of aliphatic imine (C=N–C) groups is 1. The van der Waals surface area contributed by atoms with Crippen molar-refractivity contribution in [3.63, 3.8) is 0 Å². The number of nitrogens with zero attached hydrogens (tertiary/aromatic N) is 5. The summed E-state index contributed by atoms with van der Waals surface area (Å²) in [5.41, 5.74) is 3.20. The highest BCUT2D eigenvalue weighted by Gasteiger charge is 2.28. The summed E-state index contributed by atoms with van der Waals surface area (Å²) in [6.45, 7) is 9.89. The number of likely N-dealkylation sites (tertiary alicyclic amines) is 2. The highest BCUT2D eigenvalue weighted by Crippen LogP contribution is 2.37. The molecule has 0 aliphatic carbocycles. The van der Waals surface area contributed by atoms with E-state index < -0.39 is 0 Å². The zero-order valence-corrected chi connectivity index (χ0v) is 21.0. The molecule has 4 rings (SSSR count). The van der Waals surface area contributed by atoms with Crippen LogP contribution in [0.1, 0.15) is 64.7 Å². The molecule has 0 N–H and O–H groups in total. The molecular formula is C27H33N5OS. The van der Waals surface area contributed by atoms with E-state index in [1.807, 2.05) is 53.5 Å². The number of carbonyl (C=O) groups excluding carboxylic acids is 1. The molecule has 2 aromatic rings. The molecule has 34 heavy (non-hydrogen) atoms. The summed E-state index contributed by atoms with van der Waals surface area (Å²) in [6, 6.07) is 12.1. The second-order valence-electron chi connectivity index (χ2n) is 9.23. The molecule has 2 fully saturated rings. The van der Waals surface area contributed by atoms with Gasteiger partial charge in [-0.15, -0.1) is 11.3 Å². The topological polar surface area (TPSA) is 62.9 Å². The maximum atomic E-state index is 13.3. The number of hydrogen-bond acceptors (Lipinski definition) is 5. The number of nitriles is 1. The lowest BCUT2D eigenvalue weighted by atomic mass is 10.1. The summed E-state index contributed by atoms with van der Waals surface area (Å²) in [5.74, 6) is 0.0842. The number of thiophene rings is 1. The molecule has 1 atom stereocenters. The van der Waals surface area contributed by atoms with Crippen molar-refractivity contribution in [1.82, 2.24) is 14.7 Å². The minimum absolute atomic E-state index is 0.0842. The summed E-state index contributed by atoms with van der Waals surface area (Å²) in [6.07, 6.45) is 7.68. The number of rotatable bonds is 7. The van der Waals surface area contributed by atoms with Gasteiger partial charge in [0.25, 0.3) is 5.91 Å². The molecule has 0 saturated carbocycles. The first kappa shape index (κ1) is 24.0. The molecule has 178 valence electrons. The molecule has 1 aromatic carbocycles. The van der Waals surface area contributed by atoms with Crippen LogP contribution in [0.5, 0.6) is 0 Å². The fraction of sp³-hybridized carbons (Fsp3) is 0.444. The lowest BCUT2D eigenvalue weighted by molar-refractivity contribution is 0.0752. The lowest BCUT2D eigenvalue weighted by Crippen LogP contribution is -2.33. The summed E-state index contributed by atoms with van der Waals surface area (Å²) in [4.78, 5) is 26.0. The van der Waals surface area contributed by atoms with Crippen molar-refractivity contribution in [2.75, 3.05) is 26.7 Å². The molecule has 0 radical (unpaired) electrons. The third-order valence-corrected chi connectivity index (χ3v) is 7.92. The predicted octanol–water partition coefficient (Wildman–Crippen LogP) is 5.49. The monoisotopic (exact) mass is 475 g/mol. The Morgan fingerprint density at radius 1 is 1.26 bits per heavy atom. The van der Waals surface area contributed by atoms with Crippen molar-refractivity contribution < 1.29 is 4.79 Å². The van der Waals surface area contributed by atoms with E-state index >= 15 is 0 Å². The van der Waals surface area contributed by atoms with E-state index in [1.54, 1.807) is 0 Å². The van der Waals surface area contributed by atoms with Gasteiger partial charge in [0, 0.05) is 45.0 Å². The van der Waals surface area contributed by atoms with Crippen LogP contribution in [0.25, 0.3) is 5.70 Å². The minimum Gasteiger partial charge on any atom is -0.369 e. The van der Waals surface area contributed by atoms with Crippen molar-refractivity contribution in [2.45, 2.75) is 51.6 Å². The fourth-order valence-electron chi connectivity index (χ4n) is 4.64. The van der Waals surface area contributed by atoms with Crippen molar-refractivity contribution in [3.05, 3.63) is 57.8 Å². The molecule has 7 heteroatoms. The fourth-order valence-corrected chi connectivity index (χ4v) is 5.72. The molecular weight excluding hydrogens is 442 g/mol. The summed E-state index contributed by atoms with van der Waals surface area (Å²) in [5, 5.41) is 9.46. The van der Waals surface area contributed by atoms with E-state index in [0.717, 1.165) is 54.3 Å². The average molecular weight is 476 g/mol. The maximum absolute atomic E-state index is 13.3. The average Bonchev–Trinajstić information content (AvgIpc) is 3.49. The van der Waals surface area contributed by atoms with Crippen LogP contribution in [0.2, 0.25) is 0 Å². The molecule has 2 saturated heterocycles. The zero-order valence-electron chi connectivity index (χ0n) is 20.2. The second kappa shape index (κ2) is 10.9.